The van der Waals surface area contributed by atoms with E-state index in [1.54, 1.807) is 0 Å². The summed E-state index contributed by atoms with van der Waals surface area (Å²) in [5, 5.41) is 5.86. The summed E-state index contributed by atoms with van der Waals surface area (Å²) < 4.78 is 0. The molecule has 0 bridgehead atoms. The number of nitrogens with zero attached hydrogens (tertiary/aromatic N) is 1. The van der Waals surface area contributed by atoms with Crippen molar-refractivity contribution in [3.8, 4) is 0 Å². The summed E-state index contributed by atoms with van der Waals surface area (Å²) in [6.45, 7) is 2.95. The average molecular weight is 267 g/mol. The Labute approximate surface area is 112 Å². The molecular formula is C13H21N3O3. The molecule has 19 heavy (non-hydrogen) atoms. The highest BCUT2D eigenvalue weighted by molar-refractivity contribution is 6.06. The van der Waals surface area contributed by atoms with Crippen molar-refractivity contribution in [3.63, 3.8) is 0 Å². The maximum absolute atomic E-state index is 12.1. The van der Waals surface area contributed by atoms with Crippen molar-refractivity contribution >= 4 is 17.7 Å². The van der Waals surface area contributed by atoms with E-state index >= 15 is 0 Å². The Hall–Kier alpha value is -1.43. The number of carbonyl (C=O) groups is 3. The number of piperidine rings is 1. The van der Waals surface area contributed by atoms with Crippen LogP contribution in [-0.2, 0) is 14.4 Å². The van der Waals surface area contributed by atoms with Crippen molar-refractivity contribution in [1.29, 1.82) is 0 Å². The number of imide groups is 1. The number of rotatable bonds is 3. The first-order valence-electron chi connectivity index (χ1n) is 6.87. The molecule has 3 amide bonds. The molecule has 2 heterocycles. The van der Waals surface area contributed by atoms with Gasteiger partial charge < -0.3 is 10.6 Å². The molecule has 3 unspecified atom stereocenters. The molecule has 2 saturated heterocycles. The van der Waals surface area contributed by atoms with E-state index in [-0.39, 0.29) is 30.2 Å². The summed E-state index contributed by atoms with van der Waals surface area (Å²) in [6, 6.07) is -0.929. The van der Waals surface area contributed by atoms with Crippen LogP contribution in [0.1, 0.15) is 32.6 Å². The number of hydrogen-bond acceptors (Lipinski definition) is 4. The molecule has 0 aromatic heterocycles. The smallest absolute Gasteiger partial charge is 0.252 e. The fraction of sp³-hybridized carbons (Fsp3) is 0.769. The number of amides is 3. The molecule has 0 saturated carbocycles. The summed E-state index contributed by atoms with van der Waals surface area (Å²) in [5.41, 5.74) is 0. The van der Waals surface area contributed by atoms with Crippen LogP contribution in [0.2, 0.25) is 0 Å². The molecule has 0 aromatic carbocycles. The molecule has 2 rings (SSSR count). The average Bonchev–Trinajstić information content (AvgIpc) is 2.66. The van der Waals surface area contributed by atoms with E-state index in [2.05, 4.69) is 17.6 Å². The Morgan fingerprint density at radius 3 is 2.79 bits per heavy atom. The van der Waals surface area contributed by atoms with Gasteiger partial charge in [-0.25, -0.2) is 0 Å². The minimum atomic E-state index is -0.686. The lowest BCUT2D eigenvalue weighted by molar-refractivity contribution is -0.138. The molecule has 0 aromatic rings. The van der Waals surface area contributed by atoms with Crippen LogP contribution in [0.25, 0.3) is 0 Å². The van der Waals surface area contributed by atoms with Crippen molar-refractivity contribution in [2.75, 3.05) is 13.6 Å². The van der Waals surface area contributed by atoms with E-state index in [1.165, 1.54) is 7.05 Å². The Kier molecular flexibility index (Phi) is 4.19. The maximum atomic E-state index is 12.1. The summed E-state index contributed by atoms with van der Waals surface area (Å²) in [4.78, 5) is 36.3. The van der Waals surface area contributed by atoms with Gasteiger partial charge in [-0.15, -0.1) is 0 Å². The lowest BCUT2D eigenvalue weighted by atomic mass is 9.90. The molecule has 3 atom stereocenters. The van der Waals surface area contributed by atoms with Crippen LogP contribution in [-0.4, -0.2) is 48.3 Å². The zero-order chi connectivity index (χ0) is 14.0. The van der Waals surface area contributed by atoms with Crippen LogP contribution in [0.5, 0.6) is 0 Å². The fourth-order valence-corrected chi connectivity index (χ4v) is 2.71. The van der Waals surface area contributed by atoms with Gasteiger partial charge in [0.2, 0.25) is 11.8 Å². The number of nitrogens with one attached hydrogen (secondary N) is 2. The van der Waals surface area contributed by atoms with Gasteiger partial charge in [-0.2, -0.15) is 0 Å². The Morgan fingerprint density at radius 1 is 1.47 bits per heavy atom. The largest absolute Gasteiger partial charge is 0.342 e. The zero-order valence-corrected chi connectivity index (χ0v) is 11.4. The third-order valence-corrected chi connectivity index (χ3v) is 4.10. The highest BCUT2D eigenvalue weighted by atomic mass is 16.2. The van der Waals surface area contributed by atoms with Crippen LogP contribution in [0, 0.1) is 5.92 Å². The van der Waals surface area contributed by atoms with Gasteiger partial charge in [0.05, 0.1) is 12.5 Å². The van der Waals surface area contributed by atoms with Gasteiger partial charge in [0, 0.05) is 7.05 Å². The first kappa shape index (κ1) is 14.0. The molecule has 2 N–H and O–H groups in total. The predicted molar refractivity (Wildman–Crippen MR) is 69.1 cm³/mol. The van der Waals surface area contributed by atoms with E-state index in [0.717, 1.165) is 30.7 Å². The van der Waals surface area contributed by atoms with Crippen LogP contribution in [0.15, 0.2) is 0 Å². The van der Waals surface area contributed by atoms with Crippen molar-refractivity contribution < 1.29 is 14.4 Å². The van der Waals surface area contributed by atoms with Gasteiger partial charge in [0.15, 0.2) is 0 Å². The highest BCUT2D eigenvalue weighted by Crippen LogP contribution is 2.20. The molecule has 0 aliphatic carbocycles. The summed E-state index contributed by atoms with van der Waals surface area (Å²) in [5.74, 6) is -0.167. The van der Waals surface area contributed by atoms with Crippen LogP contribution in [0.4, 0.5) is 0 Å². The van der Waals surface area contributed by atoms with E-state index in [0.29, 0.717) is 5.92 Å². The minimum Gasteiger partial charge on any atom is -0.342 e. The molecular weight excluding hydrogens is 246 g/mol. The molecule has 2 aliphatic rings. The molecule has 0 spiro atoms. The Bertz CT molecular complexity index is 397. The molecule has 2 fully saturated rings. The van der Waals surface area contributed by atoms with Crippen LogP contribution < -0.4 is 10.6 Å². The molecule has 6 heteroatoms. The highest BCUT2D eigenvalue weighted by Gasteiger charge is 2.38. The molecule has 2 aliphatic heterocycles. The van der Waals surface area contributed by atoms with Gasteiger partial charge in [0.1, 0.15) is 6.04 Å². The van der Waals surface area contributed by atoms with E-state index < -0.39 is 6.04 Å². The third-order valence-electron chi connectivity index (χ3n) is 4.10. The summed E-state index contributed by atoms with van der Waals surface area (Å²) >= 11 is 0. The van der Waals surface area contributed by atoms with Crippen LogP contribution in [0.3, 0.4) is 0 Å². The maximum Gasteiger partial charge on any atom is 0.252 e. The van der Waals surface area contributed by atoms with Crippen molar-refractivity contribution in [3.05, 3.63) is 0 Å². The second kappa shape index (κ2) is 5.69. The van der Waals surface area contributed by atoms with Gasteiger partial charge in [-0.05, 0) is 25.3 Å². The quantitative estimate of drug-likeness (QED) is 0.684. The molecule has 6 nitrogen and oxygen atoms in total. The van der Waals surface area contributed by atoms with Gasteiger partial charge in [0.25, 0.3) is 5.91 Å². The monoisotopic (exact) mass is 267 g/mol. The Morgan fingerprint density at radius 2 is 2.21 bits per heavy atom. The van der Waals surface area contributed by atoms with Crippen molar-refractivity contribution in [2.24, 2.45) is 5.92 Å². The van der Waals surface area contributed by atoms with Crippen molar-refractivity contribution in [2.45, 2.75) is 44.7 Å². The molecule has 0 radical (unpaired) electrons. The SMILES string of the molecule is CCC1CCNC(C(=O)NC2CC(=O)N(C)C2=O)C1. The lowest BCUT2D eigenvalue weighted by Gasteiger charge is -2.29. The summed E-state index contributed by atoms with van der Waals surface area (Å²) in [6.07, 6.45) is 3.02. The van der Waals surface area contributed by atoms with E-state index in [1.807, 2.05) is 0 Å². The number of likely N-dealkylation sites (N-methyl/N-ethyl adjacent to an activating group) is 1. The Balaban J connectivity index is 1.91. The zero-order valence-electron chi connectivity index (χ0n) is 11.4. The second-order valence-corrected chi connectivity index (χ2v) is 5.36. The van der Waals surface area contributed by atoms with E-state index in [4.69, 9.17) is 0 Å². The van der Waals surface area contributed by atoms with Gasteiger partial charge in [-0.3, -0.25) is 19.3 Å². The fourth-order valence-electron chi connectivity index (χ4n) is 2.71. The minimum absolute atomic E-state index is 0.0744. The van der Waals surface area contributed by atoms with E-state index in [9.17, 15) is 14.4 Å². The topological polar surface area (TPSA) is 78.5 Å². The predicted octanol–water partition coefficient (Wildman–Crippen LogP) is -0.362. The third kappa shape index (κ3) is 2.94. The van der Waals surface area contributed by atoms with Gasteiger partial charge in [-0.1, -0.05) is 13.3 Å². The van der Waals surface area contributed by atoms with Crippen molar-refractivity contribution in [1.82, 2.24) is 15.5 Å². The lowest BCUT2D eigenvalue weighted by Crippen LogP contribution is -2.52. The number of hydrogen-bond donors (Lipinski definition) is 2. The summed E-state index contributed by atoms with van der Waals surface area (Å²) in [7, 11) is 1.45. The first-order chi connectivity index (χ1) is 9.02. The first-order valence-corrected chi connectivity index (χ1v) is 6.87. The normalized spacial score (nSPS) is 31.7. The van der Waals surface area contributed by atoms with Gasteiger partial charge >= 0.3 is 0 Å². The number of likely N-dealkylation sites (tertiary alicyclic amines) is 1. The second-order valence-electron chi connectivity index (χ2n) is 5.36. The molecule has 106 valence electrons. The number of carbonyl (C=O) groups excluding carboxylic acids is 3. The van der Waals surface area contributed by atoms with Crippen LogP contribution >= 0.6 is 0 Å². The standard InChI is InChI=1S/C13H21N3O3/c1-3-8-4-5-14-9(6-8)12(18)15-10-7-11(17)16(2)13(10)19/h8-10,14H,3-7H2,1-2H3,(H,15,18).